The van der Waals surface area contributed by atoms with Crippen molar-refractivity contribution in [2.75, 3.05) is 7.11 Å². The number of fused-ring (bicyclic) bond motifs is 1. The molecular formula is C16H18N4O. The van der Waals surface area contributed by atoms with Crippen molar-refractivity contribution in [3.8, 4) is 17.1 Å². The molecule has 1 aromatic carbocycles. The molecule has 0 unspecified atom stereocenters. The number of benzene rings is 1. The van der Waals surface area contributed by atoms with Gasteiger partial charge in [-0.1, -0.05) is 6.07 Å². The molecule has 0 aliphatic heterocycles. The monoisotopic (exact) mass is 282 g/mol. The van der Waals surface area contributed by atoms with E-state index in [9.17, 15) is 0 Å². The zero-order valence-electron chi connectivity index (χ0n) is 12.7. The van der Waals surface area contributed by atoms with Gasteiger partial charge in [-0.15, -0.1) is 0 Å². The molecule has 21 heavy (non-hydrogen) atoms. The van der Waals surface area contributed by atoms with Crippen LogP contribution < -0.4 is 4.74 Å². The molecule has 0 amide bonds. The molecule has 3 aromatic rings. The smallest absolute Gasteiger partial charge is 0.159 e. The second-order valence-corrected chi connectivity index (χ2v) is 4.96. The van der Waals surface area contributed by atoms with Gasteiger partial charge in [-0.2, -0.15) is 5.10 Å². The van der Waals surface area contributed by atoms with Gasteiger partial charge >= 0.3 is 0 Å². The Hall–Kier alpha value is -2.43. The van der Waals surface area contributed by atoms with Gasteiger partial charge in [0.15, 0.2) is 5.82 Å². The Morgan fingerprint density at radius 2 is 1.90 bits per heavy atom. The Bertz CT molecular complexity index is 807. The normalized spacial score (nSPS) is 11.0. The Morgan fingerprint density at radius 3 is 2.62 bits per heavy atom. The second kappa shape index (κ2) is 5.16. The number of hydrogen-bond donors (Lipinski definition) is 0. The molecule has 0 fully saturated rings. The summed E-state index contributed by atoms with van der Waals surface area (Å²) >= 11 is 0. The van der Waals surface area contributed by atoms with Crippen molar-refractivity contribution in [2.24, 2.45) is 0 Å². The van der Waals surface area contributed by atoms with Gasteiger partial charge in [0.25, 0.3) is 0 Å². The Kier molecular flexibility index (Phi) is 3.33. The first kappa shape index (κ1) is 13.5. The highest BCUT2D eigenvalue weighted by atomic mass is 16.5. The van der Waals surface area contributed by atoms with Gasteiger partial charge in [0.05, 0.1) is 7.11 Å². The van der Waals surface area contributed by atoms with E-state index in [-0.39, 0.29) is 0 Å². The molecule has 2 heterocycles. The van der Waals surface area contributed by atoms with Crippen LogP contribution in [-0.2, 0) is 6.54 Å². The fraction of sp³-hybridized carbons (Fsp3) is 0.312. The van der Waals surface area contributed by atoms with Crippen molar-refractivity contribution < 1.29 is 4.74 Å². The summed E-state index contributed by atoms with van der Waals surface area (Å²) in [5, 5.41) is 5.46. The molecule has 0 saturated heterocycles. The first-order chi connectivity index (χ1) is 10.1. The van der Waals surface area contributed by atoms with Crippen LogP contribution in [0.2, 0.25) is 0 Å². The van der Waals surface area contributed by atoms with Gasteiger partial charge in [-0.3, -0.25) is 0 Å². The first-order valence-electron chi connectivity index (χ1n) is 7.00. The van der Waals surface area contributed by atoms with Crippen molar-refractivity contribution in [1.29, 1.82) is 0 Å². The summed E-state index contributed by atoms with van der Waals surface area (Å²) in [6.45, 7) is 6.72. The van der Waals surface area contributed by atoms with Crippen molar-refractivity contribution in [3.05, 3.63) is 35.8 Å². The van der Waals surface area contributed by atoms with Crippen LogP contribution in [0, 0.1) is 13.8 Å². The molecule has 0 saturated carbocycles. The van der Waals surface area contributed by atoms with E-state index in [4.69, 9.17) is 4.74 Å². The molecule has 5 nitrogen and oxygen atoms in total. The fourth-order valence-electron chi connectivity index (χ4n) is 2.52. The average Bonchev–Trinajstić information content (AvgIpc) is 2.86. The minimum atomic E-state index is 0.774. The Balaban J connectivity index is 2.33. The van der Waals surface area contributed by atoms with Crippen molar-refractivity contribution in [3.63, 3.8) is 0 Å². The van der Waals surface area contributed by atoms with Crippen molar-refractivity contribution in [2.45, 2.75) is 27.3 Å². The molecule has 0 radical (unpaired) electrons. The number of rotatable bonds is 3. The summed E-state index contributed by atoms with van der Waals surface area (Å²) in [6, 6.07) is 8.03. The predicted molar refractivity (Wildman–Crippen MR) is 82.5 cm³/mol. The summed E-state index contributed by atoms with van der Waals surface area (Å²) in [5.41, 5.74) is 2.85. The Labute approximate surface area is 123 Å². The van der Waals surface area contributed by atoms with E-state index in [1.54, 1.807) is 7.11 Å². The maximum Gasteiger partial charge on any atom is 0.159 e. The van der Waals surface area contributed by atoms with Crippen LogP contribution in [0.15, 0.2) is 24.3 Å². The van der Waals surface area contributed by atoms with E-state index < -0.39 is 0 Å². The van der Waals surface area contributed by atoms with Crippen LogP contribution in [0.3, 0.4) is 0 Å². The van der Waals surface area contributed by atoms with Gasteiger partial charge < -0.3 is 4.74 Å². The standard InChI is InChI=1S/C16H18N4O/c1-5-20-16(18-11(3)19-20)13-8-9-14(21-4)15-12(13)7-6-10(2)17-15/h6-9H,5H2,1-4H3. The summed E-state index contributed by atoms with van der Waals surface area (Å²) in [7, 11) is 1.66. The molecule has 0 aliphatic rings. The lowest BCUT2D eigenvalue weighted by Gasteiger charge is -2.10. The predicted octanol–water partition coefficient (Wildman–Crippen LogP) is 3.14. The molecule has 3 rings (SSSR count). The minimum Gasteiger partial charge on any atom is -0.494 e. The topological polar surface area (TPSA) is 52.8 Å². The number of methoxy groups -OCH3 is 1. The molecule has 0 bridgehead atoms. The number of nitrogens with zero attached hydrogens (tertiary/aromatic N) is 4. The fourth-order valence-corrected chi connectivity index (χ4v) is 2.52. The quantitative estimate of drug-likeness (QED) is 0.740. The highest BCUT2D eigenvalue weighted by Crippen LogP contribution is 2.32. The van der Waals surface area contributed by atoms with Crippen molar-refractivity contribution >= 4 is 10.9 Å². The number of pyridine rings is 1. The molecule has 2 aromatic heterocycles. The van der Waals surface area contributed by atoms with Gasteiger partial charge in [0.1, 0.15) is 17.1 Å². The number of aryl methyl sites for hydroxylation is 3. The van der Waals surface area contributed by atoms with E-state index >= 15 is 0 Å². The highest BCUT2D eigenvalue weighted by molar-refractivity contribution is 5.96. The maximum absolute atomic E-state index is 5.43. The third kappa shape index (κ3) is 2.24. The lowest BCUT2D eigenvalue weighted by atomic mass is 10.1. The van der Waals surface area contributed by atoms with Crippen LogP contribution in [0.4, 0.5) is 0 Å². The second-order valence-electron chi connectivity index (χ2n) is 4.96. The van der Waals surface area contributed by atoms with Gasteiger partial charge in [-0.05, 0) is 39.0 Å². The average molecular weight is 282 g/mol. The van der Waals surface area contributed by atoms with Gasteiger partial charge in [0, 0.05) is 23.2 Å². The minimum absolute atomic E-state index is 0.774. The van der Waals surface area contributed by atoms with Crippen LogP contribution >= 0.6 is 0 Å². The van der Waals surface area contributed by atoms with Crippen molar-refractivity contribution in [1.82, 2.24) is 19.7 Å². The number of ether oxygens (including phenoxy) is 1. The number of aromatic nitrogens is 4. The number of hydrogen-bond acceptors (Lipinski definition) is 4. The zero-order chi connectivity index (χ0) is 15.0. The molecule has 0 atom stereocenters. The summed E-state index contributed by atoms with van der Waals surface area (Å²) in [5.74, 6) is 2.42. The summed E-state index contributed by atoms with van der Waals surface area (Å²) in [6.07, 6.45) is 0. The zero-order valence-corrected chi connectivity index (χ0v) is 12.7. The van der Waals surface area contributed by atoms with E-state index in [1.807, 2.05) is 36.7 Å². The lowest BCUT2D eigenvalue weighted by Crippen LogP contribution is -2.01. The van der Waals surface area contributed by atoms with E-state index in [2.05, 4.69) is 28.1 Å². The molecular weight excluding hydrogens is 264 g/mol. The van der Waals surface area contributed by atoms with Gasteiger partial charge in [-0.25, -0.2) is 14.6 Å². The van der Waals surface area contributed by atoms with E-state index in [0.29, 0.717) is 0 Å². The maximum atomic E-state index is 5.43. The molecule has 0 N–H and O–H groups in total. The van der Waals surface area contributed by atoms with Crippen LogP contribution in [-0.4, -0.2) is 26.9 Å². The van der Waals surface area contributed by atoms with E-state index in [1.165, 1.54) is 0 Å². The van der Waals surface area contributed by atoms with Gasteiger partial charge in [0.2, 0.25) is 0 Å². The Morgan fingerprint density at radius 1 is 1.10 bits per heavy atom. The van der Waals surface area contributed by atoms with E-state index in [0.717, 1.165) is 46.1 Å². The third-order valence-electron chi connectivity index (χ3n) is 3.50. The highest BCUT2D eigenvalue weighted by Gasteiger charge is 2.15. The SMILES string of the molecule is CCn1nc(C)nc1-c1ccc(OC)c2nc(C)ccc12. The summed E-state index contributed by atoms with van der Waals surface area (Å²) < 4.78 is 7.34. The molecule has 0 spiro atoms. The lowest BCUT2D eigenvalue weighted by molar-refractivity contribution is 0.419. The molecule has 108 valence electrons. The van der Waals surface area contributed by atoms with Crippen LogP contribution in [0.5, 0.6) is 5.75 Å². The molecule has 0 aliphatic carbocycles. The third-order valence-corrected chi connectivity index (χ3v) is 3.50. The van der Waals surface area contributed by atoms with Crippen LogP contribution in [0.25, 0.3) is 22.3 Å². The largest absolute Gasteiger partial charge is 0.494 e. The van der Waals surface area contributed by atoms with Crippen LogP contribution in [0.1, 0.15) is 18.4 Å². The first-order valence-corrected chi connectivity index (χ1v) is 7.00. The summed E-state index contributed by atoms with van der Waals surface area (Å²) in [4.78, 5) is 9.18. The molecule has 5 heteroatoms.